The van der Waals surface area contributed by atoms with Gasteiger partial charge in [-0.3, -0.25) is 4.79 Å². The zero-order valence-corrected chi connectivity index (χ0v) is 22.9. The summed E-state index contributed by atoms with van der Waals surface area (Å²) in [5.74, 6) is -0.0928. The lowest BCUT2D eigenvalue weighted by Crippen LogP contribution is -2.14. The predicted molar refractivity (Wildman–Crippen MR) is 160 cm³/mol. The highest BCUT2D eigenvalue weighted by Gasteiger charge is 2.25. The van der Waals surface area contributed by atoms with Crippen LogP contribution in [0.15, 0.2) is 84.0 Å². The molecule has 6 rings (SSSR count). The molecule has 2 aromatic heterocycles. The summed E-state index contributed by atoms with van der Waals surface area (Å²) >= 11 is 14.0. The molecule has 7 heteroatoms. The topological polar surface area (TPSA) is 46.4 Å². The maximum atomic E-state index is 13.4. The highest BCUT2D eigenvalue weighted by Crippen LogP contribution is 2.40. The van der Waals surface area contributed by atoms with Crippen LogP contribution in [0.1, 0.15) is 44.8 Å². The van der Waals surface area contributed by atoms with Crippen molar-refractivity contribution in [3.63, 3.8) is 0 Å². The molecule has 0 saturated heterocycles. The second-order valence-corrected chi connectivity index (χ2v) is 11.3. The van der Waals surface area contributed by atoms with Crippen molar-refractivity contribution in [2.45, 2.75) is 32.2 Å². The van der Waals surface area contributed by atoms with Crippen molar-refractivity contribution >= 4 is 68.3 Å². The Morgan fingerprint density at radius 2 is 1.76 bits per heavy atom. The molecule has 0 fully saturated rings. The molecule has 1 N–H and O–H groups in total. The minimum atomic E-state index is -0.0928. The average Bonchev–Trinajstić information content (AvgIpc) is 3.48. The van der Waals surface area contributed by atoms with Gasteiger partial charge in [-0.15, -0.1) is 11.3 Å². The summed E-state index contributed by atoms with van der Waals surface area (Å²) in [6.45, 7) is 0.656. The number of hydrogen-bond acceptors (Lipinski definition) is 3. The average molecular weight is 559 g/mol. The number of hydrogen-bond donors (Lipinski definition) is 1. The van der Waals surface area contributed by atoms with Gasteiger partial charge in [0.15, 0.2) is 0 Å². The summed E-state index contributed by atoms with van der Waals surface area (Å²) in [5, 5.41) is 6.04. The molecule has 5 aromatic rings. The van der Waals surface area contributed by atoms with E-state index in [1.807, 2.05) is 66.9 Å². The normalized spacial score (nSPS) is 13.2. The molecule has 0 spiro atoms. The summed E-state index contributed by atoms with van der Waals surface area (Å²) in [6.07, 6.45) is 8.17. The van der Waals surface area contributed by atoms with Crippen LogP contribution in [0.3, 0.4) is 0 Å². The number of aliphatic imine (C=N–C) groups is 1. The molecule has 1 aliphatic carbocycles. The van der Waals surface area contributed by atoms with E-state index >= 15 is 0 Å². The lowest BCUT2D eigenvalue weighted by atomic mass is 9.95. The number of carbonyl (C=O) groups is 1. The van der Waals surface area contributed by atoms with E-state index in [2.05, 4.69) is 28.2 Å². The van der Waals surface area contributed by atoms with E-state index in [9.17, 15) is 4.79 Å². The van der Waals surface area contributed by atoms with E-state index in [0.717, 1.165) is 64.0 Å². The van der Waals surface area contributed by atoms with Gasteiger partial charge in [-0.05, 0) is 67.1 Å². The molecule has 0 saturated carbocycles. The number of para-hydroxylation sites is 2. The van der Waals surface area contributed by atoms with Gasteiger partial charge in [-0.2, -0.15) is 0 Å². The Morgan fingerprint density at radius 1 is 0.974 bits per heavy atom. The van der Waals surface area contributed by atoms with Crippen LogP contribution in [-0.2, 0) is 19.4 Å². The first kappa shape index (κ1) is 24.9. The third-order valence-electron chi connectivity index (χ3n) is 6.89. The number of rotatable bonds is 6. The van der Waals surface area contributed by atoms with Crippen LogP contribution in [0.4, 0.5) is 10.7 Å². The van der Waals surface area contributed by atoms with Crippen LogP contribution in [0.25, 0.3) is 10.9 Å². The van der Waals surface area contributed by atoms with E-state index in [-0.39, 0.29) is 5.91 Å². The standard InChI is InChI=1S/C31H25Cl2N3OS/c32-25-15-14-20(16-26(25)33)18-36-19-21(23-10-4-6-12-27(23)36)17-34-31-29(24-11-5-7-13-28(24)38-31)30(37)35-22-8-2-1-3-9-22/h1-4,6,8-10,12,14-17,19H,5,7,11,13,18H2,(H,35,37). The number of fused-ring (bicyclic) bond motifs is 2. The van der Waals surface area contributed by atoms with Crippen molar-refractivity contribution in [2.75, 3.05) is 5.32 Å². The summed E-state index contributed by atoms with van der Waals surface area (Å²) < 4.78 is 2.19. The number of carbonyl (C=O) groups excluding carboxylic acids is 1. The fourth-order valence-electron chi connectivity index (χ4n) is 5.06. The van der Waals surface area contributed by atoms with Gasteiger partial charge in [-0.25, -0.2) is 4.99 Å². The lowest BCUT2D eigenvalue weighted by molar-refractivity contribution is 0.102. The summed E-state index contributed by atoms with van der Waals surface area (Å²) in [4.78, 5) is 19.7. The summed E-state index contributed by atoms with van der Waals surface area (Å²) in [7, 11) is 0. The molecule has 0 unspecified atom stereocenters. The second-order valence-electron chi connectivity index (χ2n) is 9.45. The molecule has 3 aromatic carbocycles. The number of benzene rings is 3. The van der Waals surface area contributed by atoms with Gasteiger partial charge < -0.3 is 9.88 Å². The van der Waals surface area contributed by atoms with E-state index in [1.165, 1.54) is 4.88 Å². The Hall–Kier alpha value is -3.38. The molecule has 0 atom stereocenters. The van der Waals surface area contributed by atoms with Gasteiger partial charge in [0.05, 0.1) is 15.6 Å². The van der Waals surface area contributed by atoms with Gasteiger partial charge in [0.2, 0.25) is 0 Å². The van der Waals surface area contributed by atoms with E-state index in [4.69, 9.17) is 28.2 Å². The van der Waals surface area contributed by atoms with Gasteiger partial charge in [0.25, 0.3) is 5.91 Å². The van der Waals surface area contributed by atoms with Crippen LogP contribution < -0.4 is 5.32 Å². The largest absolute Gasteiger partial charge is 0.342 e. The maximum absolute atomic E-state index is 13.4. The van der Waals surface area contributed by atoms with Crippen molar-refractivity contribution in [2.24, 2.45) is 4.99 Å². The third kappa shape index (κ3) is 5.02. The highest BCUT2D eigenvalue weighted by molar-refractivity contribution is 7.16. The fourth-order valence-corrected chi connectivity index (χ4v) is 6.61. The Morgan fingerprint density at radius 3 is 2.61 bits per heavy atom. The number of nitrogens with zero attached hydrogens (tertiary/aromatic N) is 2. The van der Waals surface area contributed by atoms with E-state index < -0.39 is 0 Å². The van der Waals surface area contributed by atoms with Crippen molar-refractivity contribution in [1.82, 2.24) is 4.57 Å². The van der Waals surface area contributed by atoms with Gasteiger partial charge in [0.1, 0.15) is 5.00 Å². The van der Waals surface area contributed by atoms with Crippen molar-refractivity contribution in [3.8, 4) is 0 Å². The Kier molecular flexibility index (Phi) is 7.07. The maximum Gasteiger partial charge on any atom is 0.259 e. The van der Waals surface area contributed by atoms with Gasteiger partial charge >= 0.3 is 0 Å². The molecule has 2 heterocycles. The molecule has 1 aliphatic rings. The molecule has 4 nitrogen and oxygen atoms in total. The first-order chi connectivity index (χ1) is 18.6. The smallest absolute Gasteiger partial charge is 0.259 e. The molecule has 38 heavy (non-hydrogen) atoms. The predicted octanol–water partition coefficient (Wildman–Crippen LogP) is 8.94. The van der Waals surface area contributed by atoms with Crippen LogP contribution in [-0.4, -0.2) is 16.7 Å². The Labute approximate surface area is 235 Å². The SMILES string of the molecule is O=C(Nc1ccccc1)c1c(N=Cc2cn(Cc3ccc(Cl)c(Cl)c3)c3ccccc23)sc2c1CCCC2. The molecule has 1 amide bonds. The number of anilines is 1. The Bertz CT molecular complexity index is 1670. The Balaban J connectivity index is 1.36. The number of nitrogens with one attached hydrogen (secondary N) is 1. The van der Waals surface area contributed by atoms with Crippen LogP contribution in [0.2, 0.25) is 10.0 Å². The number of halogens is 2. The summed E-state index contributed by atoms with van der Waals surface area (Å²) in [5.41, 5.74) is 5.82. The fraction of sp³-hybridized carbons (Fsp3) is 0.161. The summed E-state index contributed by atoms with van der Waals surface area (Å²) in [6, 6.07) is 23.6. The van der Waals surface area contributed by atoms with E-state index in [0.29, 0.717) is 22.2 Å². The van der Waals surface area contributed by atoms with Gasteiger partial charge in [-0.1, -0.05) is 65.7 Å². The first-order valence-corrected chi connectivity index (χ1v) is 14.2. The minimum Gasteiger partial charge on any atom is -0.342 e. The lowest BCUT2D eigenvalue weighted by Gasteiger charge is -2.12. The number of aryl methyl sites for hydroxylation is 1. The quantitative estimate of drug-likeness (QED) is 0.208. The molecular formula is C31H25Cl2N3OS. The molecule has 0 bridgehead atoms. The zero-order chi connectivity index (χ0) is 26.1. The first-order valence-electron chi connectivity index (χ1n) is 12.6. The van der Waals surface area contributed by atoms with Crippen LogP contribution in [0.5, 0.6) is 0 Å². The number of amides is 1. The molecular weight excluding hydrogens is 533 g/mol. The zero-order valence-electron chi connectivity index (χ0n) is 20.6. The van der Waals surface area contributed by atoms with Gasteiger partial charge in [0, 0.05) is 46.0 Å². The second kappa shape index (κ2) is 10.8. The van der Waals surface area contributed by atoms with E-state index in [1.54, 1.807) is 11.3 Å². The number of thiophene rings is 1. The van der Waals surface area contributed by atoms with Crippen molar-refractivity contribution in [1.29, 1.82) is 0 Å². The molecule has 0 aliphatic heterocycles. The van der Waals surface area contributed by atoms with Crippen LogP contribution in [0, 0.1) is 0 Å². The highest BCUT2D eigenvalue weighted by atomic mass is 35.5. The van der Waals surface area contributed by atoms with Crippen LogP contribution >= 0.6 is 34.5 Å². The van der Waals surface area contributed by atoms with Crippen molar-refractivity contribution in [3.05, 3.63) is 116 Å². The minimum absolute atomic E-state index is 0.0928. The monoisotopic (exact) mass is 557 g/mol. The third-order valence-corrected chi connectivity index (χ3v) is 8.83. The molecule has 190 valence electrons. The number of aromatic nitrogens is 1. The van der Waals surface area contributed by atoms with Crippen molar-refractivity contribution < 1.29 is 4.79 Å². The molecule has 0 radical (unpaired) electrons.